The topological polar surface area (TPSA) is 46.3 Å². The van der Waals surface area contributed by atoms with Crippen LogP contribution in [0.5, 0.6) is 0 Å². The van der Waals surface area contributed by atoms with Gasteiger partial charge in [0, 0.05) is 26.1 Å². The molecule has 19 heavy (non-hydrogen) atoms. The first-order valence-electron chi connectivity index (χ1n) is 7.23. The molecule has 0 aromatic heterocycles. The molecule has 0 bridgehead atoms. The highest BCUT2D eigenvalue weighted by molar-refractivity contribution is 5.82. The summed E-state index contributed by atoms with van der Waals surface area (Å²) >= 11 is 0. The Kier molecular flexibility index (Phi) is 3.31. The van der Waals surface area contributed by atoms with Crippen LogP contribution in [-0.4, -0.2) is 17.9 Å². The van der Waals surface area contributed by atoms with E-state index in [0.29, 0.717) is 36.8 Å². The van der Waals surface area contributed by atoms with Crippen LogP contribution in [0.4, 0.5) is 0 Å². The van der Waals surface area contributed by atoms with Crippen molar-refractivity contribution in [1.82, 2.24) is 4.90 Å². The maximum absolute atomic E-state index is 12.4. The van der Waals surface area contributed by atoms with E-state index in [4.69, 9.17) is 5.73 Å². The Bertz CT molecular complexity index is 458. The molecule has 2 fully saturated rings. The largest absolute Gasteiger partial charge is 0.341 e. The van der Waals surface area contributed by atoms with E-state index in [1.165, 1.54) is 24.8 Å². The van der Waals surface area contributed by atoms with Crippen LogP contribution in [0, 0.1) is 17.8 Å². The summed E-state index contributed by atoms with van der Waals surface area (Å²) in [6.45, 7) is 1.28. The number of benzene rings is 1. The Morgan fingerprint density at radius 3 is 2.37 bits per heavy atom. The van der Waals surface area contributed by atoms with Crippen LogP contribution in [0.25, 0.3) is 0 Å². The minimum absolute atomic E-state index is 0.335. The van der Waals surface area contributed by atoms with Gasteiger partial charge in [0.15, 0.2) is 0 Å². The van der Waals surface area contributed by atoms with Crippen molar-refractivity contribution < 1.29 is 4.79 Å². The van der Waals surface area contributed by atoms with Crippen LogP contribution in [0.3, 0.4) is 0 Å². The van der Waals surface area contributed by atoms with Gasteiger partial charge in [-0.25, -0.2) is 0 Å². The zero-order valence-corrected chi connectivity index (χ0v) is 11.5. The number of carbonyl (C=O) groups excluding carboxylic acids is 1. The highest BCUT2D eigenvalue weighted by Gasteiger charge is 2.57. The molecule has 0 saturated heterocycles. The summed E-state index contributed by atoms with van der Waals surface area (Å²) in [5, 5.41) is 0. The third-order valence-electron chi connectivity index (χ3n) is 4.75. The summed E-state index contributed by atoms with van der Waals surface area (Å²) in [7, 11) is 1.92. The number of fused-ring (bicyclic) bond motifs is 1. The molecule has 2 aliphatic carbocycles. The molecule has 0 radical (unpaired) electrons. The lowest BCUT2D eigenvalue weighted by atomic mass is 10.1. The lowest BCUT2D eigenvalue weighted by molar-refractivity contribution is -0.132. The lowest BCUT2D eigenvalue weighted by Gasteiger charge is -2.18. The lowest BCUT2D eigenvalue weighted by Crippen LogP contribution is -2.29. The van der Waals surface area contributed by atoms with Gasteiger partial charge in [-0.1, -0.05) is 30.7 Å². The van der Waals surface area contributed by atoms with Gasteiger partial charge in [-0.15, -0.1) is 0 Å². The number of nitrogens with two attached hydrogens (primary N) is 1. The molecule has 1 aromatic carbocycles. The number of nitrogens with zero attached hydrogens (tertiary/aromatic N) is 1. The third-order valence-corrected chi connectivity index (χ3v) is 4.75. The molecule has 0 spiro atoms. The van der Waals surface area contributed by atoms with Gasteiger partial charge in [0.1, 0.15) is 0 Å². The Hall–Kier alpha value is -1.35. The molecule has 2 unspecified atom stereocenters. The summed E-state index contributed by atoms with van der Waals surface area (Å²) in [5.74, 6) is 2.09. The molecule has 3 nitrogen and oxygen atoms in total. The fourth-order valence-corrected chi connectivity index (χ4v) is 3.57. The summed E-state index contributed by atoms with van der Waals surface area (Å²) in [4.78, 5) is 14.2. The van der Waals surface area contributed by atoms with E-state index in [9.17, 15) is 4.79 Å². The maximum atomic E-state index is 12.4. The summed E-state index contributed by atoms with van der Waals surface area (Å²) in [6.07, 6.45) is 3.85. The van der Waals surface area contributed by atoms with Gasteiger partial charge >= 0.3 is 0 Å². The Balaban J connectivity index is 1.58. The number of hydrogen-bond donors (Lipinski definition) is 1. The number of rotatable bonds is 4. The van der Waals surface area contributed by atoms with Crippen LogP contribution in [0.15, 0.2) is 24.3 Å². The summed E-state index contributed by atoms with van der Waals surface area (Å²) in [6, 6.07) is 8.22. The van der Waals surface area contributed by atoms with E-state index in [0.717, 1.165) is 5.56 Å². The Morgan fingerprint density at radius 2 is 1.79 bits per heavy atom. The van der Waals surface area contributed by atoms with Gasteiger partial charge in [0.25, 0.3) is 0 Å². The molecular weight excluding hydrogens is 236 g/mol. The normalized spacial score (nSPS) is 28.0. The number of hydrogen-bond acceptors (Lipinski definition) is 2. The van der Waals surface area contributed by atoms with Crippen LogP contribution in [-0.2, 0) is 17.9 Å². The molecule has 3 rings (SSSR count). The molecule has 3 heteroatoms. The van der Waals surface area contributed by atoms with Crippen LogP contribution < -0.4 is 5.73 Å². The standard InChI is InChI=1S/C16H22N2O/c1-18(10-12-7-5-11(9-17)6-8-12)16(19)15-13-3-2-4-14(13)15/h5-8,13-15H,2-4,9-10,17H2,1H3. The van der Waals surface area contributed by atoms with Gasteiger partial charge in [0.05, 0.1) is 0 Å². The molecule has 102 valence electrons. The van der Waals surface area contributed by atoms with Gasteiger partial charge in [-0.05, 0) is 35.8 Å². The van der Waals surface area contributed by atoms with Crippen molar-refractivity contribution in [2.75, 3.05) is 7.05 Å². The molecular formula is C16H22N2O. The molecule has 0 aliphatic heterocycles. The molecule has 1 aromatic rings. The average Bonchev–Trinajstić information content (AvgIpc) is 2.90. The minimum atomic E-state index is 0.335. The first-order valence-corrected chi connectivity index (χ1v) is 7.23. The highest BCUT2D eigenvalue weighted by atomic mass is 16.2. The second-order valence-corrected chi connectivity index (χ2v) is 6.00. The molecule has 1 amide bonds. The van der Waals surface area contributed by atoms with E-state index < -0.39 is 0 Å². The zero-order valence-electron chi connectivity index (χ0n) is 11.5. The van der Waals surface area contributed by atoms with Crippen molar-refractivity contribution >= 4 is 5.91 Å². The molecule has 2 aliphatic rings. The second kappa shape index (κ2) is 4.97. The van der Waals surface area contributed by atoms with Crippen LogP contribution in [0.2, 0.25) is 0 Å². The monoisotopic (exact) mass is 258 g/mol. The molecule has 0 heterocycles. The zero-order chi connectivity index (χ0) is 13.4. The Morgan fingerprint density at radius 1 is 1.21 bits per heavy atom. The summed E-state index contributed by atoms with van der Waals surface area (Å²) in [5.41, 5.74) is 7.90. The highest BCUT2D eigenvalue weighted by Crippen LogP contribution is 2.58. The smallest absolute Gasteiger partial charge is 0.226 e. The second-order valence-electron chi connectivity index (χ2n) is 6.00. The molecule has 2 N–H and O–H groups in total. The van der Waals surface area contributed by atoms with Gasteiger partial charge in [-0.3, -0.25) is 4.79 Å². The first-order chi connectivity index (χ1) is 9.20. The van der Waals surface area contributed by atoms with Crippen LogP contribution >= 0.6 is 0 Å². The molecule has 2 saturated carbocycles. The predicted octanol–water partition coefficient (Wildman–Crippen LogP) is 2.15. The van der Waals surface area contributed by atoms with E-state index in [-0.39, 0.29) is 0 Å². The number of carbonyl (C=O) groups is 1. The van der Waals surface area contributed by atoms with E-state index >= 15 is 0 Å². The quantitative estimate of drug-likeness (QED) is 0.899. The first kappa shape index (κ1) is 12.7. The summed E-state index contributed by atoms with van der Waals surface area (Å²) < 4.78 is 0. The van der Waals surface area contributed by atoms with E-state index in [1.54, 1.807) is 0 Å². The van der Waals surface area contributed by atoms with Crippen molar-refractivity contribution in [3.63, 3.8) is 0 Å². The maximum Gasteiger partial charge on any atom is 0.226 e. The fraction of sp³-hybridized carbons (Fsp3) is 0.562. The SMILES string of the molecule is CN(Cc1ccc(CN)cc1)C(=O)C1C2CCCC21. The average molecular weight is 258 g/mol. The van der Waals surface area contributed by atoms with Crippen molar-refractivity contribution in [2.24, 2.45) is 23.5 Å². The molecule has 2 atom stereocenters. The van der Waals surface area contributed by atoms with E-state index in [2.05, 4.69) is 12.1 Å². The van der Waals surface area contributed by atoms with Crippen molar-refractivity contribution in [2.45, 2.75) is 32.4 Å². The minimum Gasteiger partial charge on any atom is -0.341 e. The van der Waals surface area contributed by atoms with Gasteiger partial charge < -0.3 is 10.6 Å². The van der Waals surface area contributed by atoms with E-state index in [1.807, 2.05) is 24.1 Å². The fourth-order valence-electron chi connectivity index (χ4n) is 3.57. The van der Waals surface area contributed by atoms with Gasteiger partial charge in [-0.2, -0.15) is 0 Å². The predicted molar refractivity (Wildman–Crippen MR) is 75.1 cm³/mol. The van der Waals surface area contributed by atoms with Crippen LogP contribution in [0.1, 0.15) is 30.4 Å². The van der Waals surface area contributed by atoms with Crippen molar-refractivity contribution in [3.05, 3.63) is 35.4 Å². The van der Waals surface area contributed by atoms with Crippen molar-refractivity contribution in [1.29, 1.82) is 0 Å². The Labute approximate surface area is 114 Å². The third kappa shape index (κ3) is 2.39. The number of amides is 1. The van der Waals surface area contributed by atoms with Gasteiger partial charge in [0.2, 0.25) is 5.91 Å². The van der Waals surface area contributed by atoms with Crippen molar-refractivity contribution in [3.8, 4) is 0 Å².